The lowest BCUT2D eigenvalue weighted by Crippen LogP contribution is -2.46. The molecule has 1 aromatic carbocycles. The number of ether oxygens (including phenoxy) is 1. The van der Waals surface area contributed by atoms with E-state index in [4.69, 9.17) is 16.3 Å². The van der Waals surface area contributed by atoms with Gasteiger partial charge in [0.25, 0.3) is 5.56 Å². The molecule has 3 aromatic rings. The van der Waals surface area contributed by atoms with Crippen LogP contribution in [-0.4, -0.2) is 43.9 Å². The largest absolute Gasteiger partial charge is 0.444 e. The summed E-state index contributed by atoms with van der Waals surface area (Å²) < 4.78 is 7.41. The number of piperidine rings is 1. The number of hydrogen-bond donors (Lipinski definition) is 1. The minimum Gasteiger partial charge on any atom is -0.444 e. The van der Waals surface area contributed by atoms with Crippen LogP contribution in [0.2, 0.25) is 5.02 Å². The topological polar surface area (TPSA) is 80.2 Å². The number of benzene rings is 1. The van der Waals surface area contributed by atoms with Crippen LogP contribution in [0, 0.1) is 6.92 Å². The lowest BCUT2D eigenvalue weighted by Gasteiger charge is -2.37. The summed E-state index contributed by atoms with van der Waals surface area (Å²) >= 11 is 6.24. The van der Waals surface area contributed by atoms with Gasteiger partial charge in [0.05, 0.1) is 10.9 Å². The molecule has 0 aliphatic carbocycles. The molecule has 4 rings (SSSR count). The molecule has 0 radical (unpaired) electrons. The zero-order chi connectivity index (χ0) is 22.3. The molecule has 1 saturated heterocycles. The average molecular weight is 445 g/mol. The SMILES string of the molecule is Cc1[nH]nc2c1c(=O)n(CCC1CCCCN1C(=O)OC(C)(C)C)c1ccc(Cl)cc21. The number of pyridine rings is 1. The van der Waals surface area contributed by atoms with Crippen molar-refractivity contribution in [1.82, 2.24) is 19.7 Å². The molecule has 7 nitrogen and oxygen atoms in total. The number of halogens is 1. The van der Waals surface area contributed by atoms with Crippen LogP contribution in [0.15, 0.2) is 23.0 Å². The Kier molecular flexibility index (Phi) is 5.73. The summed E-state index contributed by atoms with van der Waals surface area (Å²) in [7, 11) is 0. The summed E-state index contributed by atoms with van der Waals surface area (Å²) in [6.45, 7) is 8.67. The maximum absolute atomic E-state index is 13.3. The Hall–Kier alpha value is -2.54. The first kappa shape index (κ1) is 21.7. The van der Waals surface area contributed by atoms with Crippen molar-refractivity contribution in [3.8, 4) is 0 Å². The summed E-state index contributed by atoms with van der Waals surface area (Å²) in [4.78, 5) is 27.9. The Balaban J connectivity index is 1.68. The van der Waals surface area contributed by atoms with E-state index < -0.39 is 5.60 Å². The van der Waals surface area contributed by atoms with E-state index in [1.165, 1.54) is 0 Å². The van der Waals surface area contributed by atoms with Gasteiger partial charge in [-0.15, -0.1) is 0 Å². The number of carbonyl (C=O) groups is 1. The minimum absolute atomic E-state index is 0.0407. The first-order valence-electron chi connectivity index (χ1n) is 10.8. The average Bonchev–Trinajstić information content (AvgIpc) is 3.09. The fourth-order valence-corrected chi connectivity index (χ4v) is 4.60. The van der Waals surface area contributed by atoms with Gasteiger partial charge in [-0.1, -0.05) is 11.6 Å². The van der Waals surface area contributed by atoms with Crippen LogP contribution in [0.1, 0.15) is 52.1 Å². The molecule has 1 aliphatic rings. The Labute approximate surface area is 186 Å². The first-order chi connectivity index (χ1) is 14.7. The highest BCUT2D eigenvalue weighted by Crippen LogP contribution is 2.27. The number of rotatable bonds is 3. The van der Waals surface area contributed by atoms with Gasteiger partial charge in [0.1, 0.15) is 11.1 Å². The third kappa shape index (κ3) is 4.28. The third-order valence-electron chi connectivity index (χ3n) is 5.85. The van der Waals surface area contributed by atoms with Crippen molar-refractivity contribution in [3.63, 3.8) is 0 Å². The van der Waals surface area contributed by atoms with Crippen LogP contribution in [-0.2, 0) is 11.3 Å². The predicted octanol–water partition coefficient (Wildman–Crippen LogP) is 5.02. The van der Waals surface area contributed by atoms with Gasteiger partial charge in [-0.05, 0) is 71.6 Å². The van der Waals surface area contributed by atoms with Crippen molar-refractivity contribution in [2.45, 2.75) is 71.6 Å². The maximum atomic E-state index is 13.3. The number of carbonyl (C=O) groups excluding carboxylic acids is 1. The fraction of sp³-hybridized carbons (Fsp3) is 0.522. The molecule has 1 amide bonds. The van der Waals surface area contributed by atoms with E-state index >= 15 is 0 Å². The van der Waals surface area contributed by atoms with Gasteiger partial charge in [-0.25, -0.2) is 4.79 Å². The Morgan fingerprint density at radius 1 is 1.32 bits per heavy atom. The molecule has 166 valence electrons. The number of nitrogens with zero attached hydrogens (tertiary/aromatic N) is 3. The molecule has 1 N–H and O–H groups in total. The molecule has 31 heavy (non-hydrogen) atoms. The van der Waals surface area contributed by atoms with Crippen LogP contribution >= 0.6 is 11.6 Å². The van der Waals surface area contributed by atoms with E-state index in [1.807, 2.05) is 44.7 Å². The summed E-state index contributed by atoms with van der Waals surface area (Å²) in [6.07, 6.45) is 3.35. The highest BCUT2D eigenvalue weighted by molar-refractivity contribution is 6.31. The molecular weight excluding hydrogens is 416 g/mol. The van der Waals surface area contributed by atoms with Crippen molar-refractivity contribution in [1.29, 1.82) is 0 Å². The molecule has 1 atom stereocenters. The molecule has 1 unspecified atom stereocenters. The van der Waals surface area contributed by atoms with Crippen LogP contribution in [0.5, 0.6) is 0 Å². The number of aromatic nitrogens is 3. The van der Waals surface area contributed by atoms with E-state index in [1.54, 1.807) is 10.6 Å². The monoisotopic (exact) mass is 444 g/mol. The number of H-pyrrole nitrogens is 1. The smallest absolute Gasteiger partial charge is 0.410 e. The van der Waals surface area contributed by atoms with Crippen LogP contribution < -0.4 is 5.56 Å². The molecule has 3 heterocycles. The van der Waals surface area contributed by atoms with Gasteiger partial charge < -0.3 is 14.2 Å². The molecule has 0 saturated carbocycles. The van der Waals surface area contributed by atoms with E-state index in [0.29, 0.717) is 35.4 Å². The molecule has 1 aliphatic heterocycles. The van der Waals surface area contributed by atoms with Gasteiger partial charge in [-0.3, -0.25) is 9.89 Å². The maximum Gasteiger partial charge on any atom is 0.410 e. The highest BCUT2D eigenvalue weighted by atomic mass is 35.5. The number of fused-ring (bicyclic) bond motifs is 3. The van der Waals surface area contributed by atoms with E-state index in [0.717, 1.165) is 35.9 Å². The Bertz CT molecular complexity index is 1190. The van der Waals surface area contributed by atoms with Crippen molar-refractivity contribution < 1.29 is 9.53 Å². The van der Waals surface area contributed by atoms with Crippen molar-refractivity contribution in [2.75, 3.05) is 6.54 Å². The standard InChI is InChI=1S/C23H29ClN4O3/c1-14-19-20(26-25-14)17-13-15(24)8-9-18(17)28(21(19)29)12-10-16-7-5-6-11-27(16)22(30)31-23(2,3)4/h8-9,13,16H,5-7,10-12H2,1-4H3,(H,25,26). The van der Waals surface area contributed by atoms with Crippen molar-refractivity contribution >= 4 is 39.5 Å². The second kappa shape index (κ2) is 8.19. The number of amides is 1. The van der Waals surface area contributed by atoms with Crippen LogP contribution in [0.4, 0.5) is 4.79 Å². The number of nitrogens with one attached hydrogen (secondary N) is 1. The number of aryl methyl sites for hydroxylation is 2. The normalized spacial score (nSPS) is 17.5. The zero-order valence-corrected chi connectivity index (χ0v) is 19.3. The highest BCUT2D eigenvalue weighted by Gasteiger charge is 2.30. The second-order valence-electron chi connectivity index (χ2n) is 9.30. The number of hydrogen-bond acceptors (Lipinski definition) is 4. The predicted molar refractivity (Wildman–Crippen MR) is 123 cm³/mol. The summed E-state index contributed by atoms with van der Waals surface area (Å²) in [5.74, 6) is 0. The van der Waals surface area contributed by atoms with Crippen molar-refractivity contribution in [3.05, 3.63) is 39.3 Å². The van der Waals surface area contributed by atoms with Gasteiger partial charge in [-0.2, -0.15) is 5.10 Å². The molecule has 8 heteroatoms. The molecule has 1 fully saturated rings. The Morgan fingerprint density at radius 3 is 2.84 bits per heavy atom. The summed E-state index contributed by atoms with van der Waals surface area (Å²) in [5.41, 5.74) is 1.58. The minimum atomic E-state index is -0.532. The molecule has 0 bridgehead atoms. The van der Waals surface area contributed by atoms with Gasteiger partial charge in [0.15, 0.2) is 0 Å². The van der Waals surface area contributed by atoms with E-state index in [9.17, 15) is 9.59 Å². The number of likely N-dealkylation sites (tertiary alicyclic amines) is 1. The summed E-state index contributed by atoms with van der Waals surface area (Å²) in [6, 6.07) is 5.55. The van der Waals surface area contributed by atoms with Crippen molar-refractivity contribution in [2.24, 2.45) is 0 Å². The zero-order valence-electron chi connectivity index (χ0n) is 18.5. The molecular formula is C23H29ClN4O3. The molecule has 0 spiro atoms. The van der Waals surface area contributed by atoms with E-state index in [2.05, 4.69) is 10.2 Å². The van der Waals surface area contributed by atoms with Crippen LogP contribution in [0.25, 0.3) is 21.8 Å². The third-order valence-corrected chi connectivity index (χ3v) is 6.09. The van der Waals surface area contributed by atoms with E-state index in [-0.39, 0.29) is 17.7 Å². The number of aromatic amines is 1. The summed E-state index contributed by atoms with van der Waals surface area (Å²) in [5, 5.41) is 9.30. The Morgan fingerprint density at radius 2 is 2.10 bits per heavy atom. The van der Waals surface area contributed by atoms with Gasteiger partial charge in [0, 0.05) is 35.2 Å². The van der Waals surface area contributed by atoms with Gasteiger partial charge >= 0.3 is 6.09 Å². The molecule has 2 aromatic heterocycles. The lowest BCUT2D eigenvalue weighted by atomic mass is 9.99. The first-order valence-corrected chi connectivity index (χ1v) is 11.2. The second-order valence-corrected chi connectivity index (χ2v) is 9.74. The lowest BCUT2D eigenvalue weighted by molar-refractivity contribution is 0.00840. The van der Waals surface area contributed by atoms with Gasteiger partial charge in [0.2, 0.25) is 0 Å². The van der Waals surface area contributed by atoms with Crippen LogP contribution in [0.3, 0.4) is 0 Å². The quantitative estimate of drug-likeness (QED) is 0.615. The fourth-order valence-electron chi connectivity index (χ4n) is 4.43.